The second-order valence-electron chi connectivity index (χ2n) is 2.44. The molecular formula is C7H15NO3. The van der Waals surface area contributed by atoms with Crippen molar-refractivity contribution in [1.82, 2.24) is 5.32 Å². The largest absolute Gasteiger partial charge is 0.480 e. The summed E-state index contributed by atoms with van der Waals surface area (Å²) < 4.78 is 0. The van der Waals surface area contributed by atoms with E-state index in [-0.39, 0.29) is 6.61 Å². The van der Waals surface area contributed by atoms with E-state index in [9.17, 15) is 4.79 Å². The molecule has 0 aliphatic rings. The van der Waals surface area contributed by atoms with E-state index >= 15 is 0 Å². The number of aliphatic hydroxyl groups is 1. The first-order valence-corrected chi connectivity index (χ1v) is 3.75. The van der Waals surface area contributed by atoms with Crippen molar-refractivity contribution in [2.24, 2.45) is 0 Å². The Bertz CT molecular complexity index is 116. The number of carboxylic acids is 1. The van der Waals surface area contributed by atoms with Crippen LogP contribution in [0.3, 0.4) is 0 Å². The molecule has 3 N–H and O–H groups in total. The van der Waals surface area contributed by atoms with Gasteiger partial charge in [0.05, 0.1) is 0 Å². The molecule has 11 heavy (non-hydrogen) atoms. The van der Waals surface area contributed by atoms with Crippen molar-refractivity contribution in [3.8, 4) is 0 Å². The molecular weight excluding hydrogens is 146 g/mol. The quantitative estimate of drug-likeness (QED) is 0.473. The van der Waals surface area contributed by atoms with Crippen molar-refractivity contribution >= 4 is 5.97 Å². The van der Waals surface area contributed by atoms with Crippen LogP contribution in [0.25, 0.3) is 0 Å². The summed E-state index contributed by atoms with van der Waals surface area (Å²) in [6, 6.07) is -0.492. The van der Waals surface area contributed by atoms with Crippen LogP contribution in [0.4, 0.5) is 0 Å². The third kappa shape index (κ3) is 5.82. The molecule has 0 amide bonds. The third-order valence-corrected chi connectivity index (χ3v) is 1.41. The van der Waals surface area contributed by atoms with Crippen LogP contribution in [0.2, 0.25) is 0 Å². The molecule has 0 aromatic carbocycles. The van der Waals surface area contributed by atoms with Crippen LogP contribution in [-0.4, -0.2) is 35.4 Å². The molecule has 0 heterocycles. The van der Waals surface area contributed by atoms with Gasteiger partial charge in [0.25, 0.3) is 0 Å². The first-order valence-electron chi connectivity index (χ1n) is 3.75. The van der Waals surface area contributed by atoms with Gasteiger partial charge in [-0.15, -0.1) is 0 Å². The maximum absolute atomic E-state index is 10.3. The minimum absolute atomic E-state index is 0.170. The van der Waals surface area contributed by atoms with E-state index in [1.165, 1.54) is 0 Å². The molecule has 0 spiro atoms. The van der Waals surface area contributed by atoms with Crippen LogP contribution < -0.4 is 5.32 Å². The molecule has 66 valence electrons. The van der Waals surface area contributed by atoms with Crippen molar-refractivity contribution in [3.63, 3.8) is 0 Å². The van der Waals surface area contributed by atoms with Gasteiger partial charge in [0.15, 0.2) is 0 Å². The molecule has 4 heteroatoms. The van der Waals surface area contributed by atoms with Crippen LogP contribution >= 0.6 is 0 Å². The summed E-state index contributed by atoms with van der Waals surface area (Å²) >= 11 is 0. The highest BCUT2D eigenvalue weighted by Gasteiger charge is 2.07. The molecule has 0 rings (SSSR count). The number of rotatable bonds is 6. The lowest BCUT2D eigenvalue weighted by Gasteiger charge is -2.07. The Morgan fingerprint density at radius 2 is 2.18 bits per heavy atom. The molecule has 0 saturated carbocycles. The standard InChI is InChI=1S/C7H15NO3/c1-6(7(10)11)8-4-2-3-5-9/h6,8-9H,2-5H2,1H3,(H,10,11)/t6-/m0/s1. The van der Waals surface area contributed by atoms with Crippen LogP contribution in [-0.2, 0) is 4.79 Å². The third-order valence-electron chi connectivity index (χ3n) is 1.41. The summed E-state index contributed by atoms with van der Waals surface area (Å²) in [6.07, 6.45) is 1.54. The van der Waals surface area contributed by atoms with Gasteiger partial charge in [-0.3, -0.25) is 4.79 Å². The van der Waals surface area contributed by atoms with Gasteiger partial charge < -0.3 is 15.5 Å². The van der Waals surface area contributed by atoms with Crippen molar-refractivity contribution in [1.29, 1.82) is 0 Å². The molecule has 0 aromatic heterocycles. The maximum atomic E-state index is 10.3. The number of hydrogen-bond donors (Lipinski definition) is 3. The average molecular weight is 161 g/mol. The van der Waals surface area contributed by atoms with Gasteiger partial charge in [-0.25, -0.2) is 0 Å². The highest BCUT2D eigenvalue weighted by atomic mass is 16.4. The molecule has 0 unspecified atom stereocenters. The SMILES string of the molecule is C[C@H](NCCCCO)C(=O)O. The maximum Gasteiger partial charge on any atom is 0.320 e. The summed E-state index contributed by atoms with van der Waals surface area (Å²) in [7, 11) is 0. The lowest BCUT2D eigenvalue weighted by atomic mass is 10.3. The van der Waals surface area contributed by atoms with Crippen molar-refractivity contribution in [2.45, 2.75) is 25.8 Å². The fourth-order valence-electron chi connectivity index (χ4n) is 0.643. The van der Waals surface area contributed by atoms with Gasteiger partial charge >= 0.3 is 5.97 Å². The second-order valence-corrected chi connectivity index (χ2v) is 2.44. The minimum atomic E-state index is -0.839. The first-order chi connectivity index (χ1) is 5.18. The molecule has 0 radical (unpaired) electrons. The van der Waals surface area contributed by atoms with E-state index in [1.54, 1.807) is 6.92 Å². The summed E-state index contributed by atoms with van der Waals surface area (Å²) in [6.45, 7) is 2.42. The lowest BCUT2D eigenvalue weighted by molar-refractivity contribution is -0.138. The first kappa shape index (κ1) is 10.4. The molecule has 4 nitrogen and oxygen atoms in total. The summed E-state index contributed by atoms with van der Waals surface area (Å²) in [4.78, 5) is 10.3. The highest BCUT2D eigenvalue weighted by Crippen LogP contribution is 1.86. The van der Waals surface area contributed by atoms with E-state index < -0.39 is 12.0 Å². The smallest absolute Gasteiger partial charge is 0.320 e. The number of unbranched alkanes of at least 4 members (excludes halogenated alkanes) is 1. The predicted octanol–water partition coefficient (Wildman–Crippen LogP) is -0.178. The van der Waals surface area contributed by atoms with Gasteiger partial charge in [0.2, 0.25) is 0 Å². The number of carbonyl (C=O) groups is 1. The number of aliphatic hydroxyl groups excluding tert-OH is 1. The zero-order valence-corrected chi connectivity index (χ0v) is 6.71. The van der Waals surface area contributed by atoms with Gasteiger partial charge in [-0.05, 0) is 26.3 Å². The number of aliphatic carboxylic acids is 1. The normalized spacial score (nSPS) is 12.9. The van der Waals surface area contributed by atoms with E-state index in [0.29, 0.717) is 6.54 Å². The Balaban J connectivity index is 3.17. The highest BCUT2D eigenvalue weighted by molar-refractivity contribution is 5.72. The number of nitrogens with one attached hydrogen (secondary N) is 1. The van der Waals surface area contributed by atoms with Crippen molar-refractivity contribution in [2.75, 3.05) is 13.2 Å². The minimum Gasteiger partial charge on any atom is -0.480 e. The Labute approximate surface area is 66.2 Å². The topological polar surface area (TPSA) is 69.6 Å². The average Bonchev–Trinajstić information content (AvgIpc) is 1.97. The van der Waals surface area contributed by atoms with Crippen LogP contribution in [0.15, 0.2) is 0 Å². The Hall–Kier alpha value is -0.610. The number of hydrogen-bond acceptors (Lipinski definition) is 3. The van der Waals surface area contributed by atoms with Crippen molar-refractivity contribution < 1.29 is 15.0 Å². The van der Waals surface area contributed by atoms with Gasteiger partial charge in [-0.2, -0.15) is 0 Å². The Morgan fingerprint density at radius 1 is 1.55 bits per heavy atom. The monoisotopic (exact) mass is 161 g/mol. The van der Waals surface area contributed by atoms with E-state index in [2.05, 4.69) is 5.32 Å². The Kier molecular flexibility index (Phi) is 5.78. The van der Waals surface area contributed by atoms with Crippen LogP contribution in [0.1, 0.15) is 19.8 Å². The number of carboxylic acid groups (broad SMARTS) is 1. The van der Waals surface area contributed by atoms with Crippen LogP contribution in [0, 0.1) is 0 Å². The molecule has 0 aliphatic carbocycles. The van der Waals surface area contributed by atoms with Gasteiger partial charge in [-0.1, -0.05) is 0 Å². The summed E-state index contributed by atoms with van der Waals surface area (Å²) in [5.41, 5.74) is 0. The molecule has 0 bridgehead atoms. The zero-order valence-electron chi connectivity index (χ0n) is 6.71. The second kappa shape index (κ2) is 6.12. The van der Waals surface area contributed by atoms with Gasteiger partial charge in [0, 0.05) is 6.61 Å². The van der Waals surface area contributed by atoms with E-state index in [4.69, 9.17) is 10.2 Å². The zero-order chi connectivity index (χ0) is 8.69. The van der Waals surface area contributed by atoms with Crippen LogP contribution in [0.5, 0.6) is 0 Å². The fraction of sp³-hybridized carbons (Fsp3) is 0.857. The van der Waals surface area contributed by atoms with Crippen molar-refractivity contribution in [3.05, 3.63) is 0 Å². The predicted molar refractivity (Wildman–Crippen MR) is 41.4 cm³/mol. The molecule has 1 atom stereocenters. The van der Waals surface area contributed by atoms with E-state index in [0.717, 1.165) is 12.8 Å². The summed E-state index contributed by atoms with van der Waals surface area (Å²) in [5, 5.41) is 19.6. The Morgan fingerprint density at radius 3 is 2.64 bits per heavy atom. The molecule has 0 saturated heterocycles. The van der Waals surface area contributed by atoms with E-state index in [1.807, 2.05) is 0 Å². The molecule has 0 aliphatic heterocycles. The lowest BCUT2D eigenvalue weighted by Crippen LogP contribution is -2.34. The summed E-state index contributed by atoms with van der Waals surface area (Å²) in [5.74, 6) is -0.839. The molecule has 0 fully saturated rings. The fourth-order valence-corrected chi connectivity index (χ4v) is 0.643. The molecule has 0 aromatic rings. The van der Waals surface area contributed by atoms with Gasteiger partial charge in [0.1, 0.15) is 6.04 Å².